The van der Waals surface area contributed by atoms with Gasteiger partial charge in [-0.25, -0.2) is 0 Å². The number of carbonyl (C=O) groups is 6. The Labute approximate surface area is 167 Å². The van der Waals surface area contributed by atoms with Crippen LogP contribution in [0.4, 0.5) is 0 Å². The average molecular weight is 448 g/mol. The molecule has 0 bridgehead atoms. The van der Waals surface area contributed by atoms with Crippen molar-refractivity contribution in [2.24, 2.45) is 0 Å². The Morgan fingerprint density at radius 3 is 0.385 bits per heavy atom. The zero-order valence-electron chi connectivity index (χ0n) is 15.1. The first-order valence-corrected chi connectivity index (χ1v) is 5.45. The van der Waals surface area contributed by atoms with Gasteiger partial charge in [0.25, 0.3) is 0 Å². The number of hydrogen-bond donors (Lipinski definition) is 0. The van der Waals surface area contributed by atoms with Gasteiger partial charge in [-0.15, -0.1) is 0 Å². The number of hydrogen-bond acceptors (Lipinski definition) is 12. The third-order valence-electron chi connectivity index (χ3n) is 0. The normalized spacial score (nSPS) is 5.77. The van der Waals surface area contributed by atoms with Gasteiger partial charge in [0, 0.05) is 35.8 Å². The van der Waals surface area contributed by atoms with E-state index in [1.165, 1.54) is 0 Å². The molecule has 0 saturated heterocycles. The molecule has 0 amide bonds. The molecule has 0 radical (unpaired) electrons. The molecule has 0 aliphatic carbocycles. The molecule has 0 saturated carbocycles. The van der Waals surface area contributed by atoms with Crippen LogP contribution in [-0.2, 0) is 48.2 Å². The van der Waals surface area contributed by atoms with Gasteiger partial charge in [-0.2, -0.15) is 0 Å². The van der Waals surface area contributed by atoms with Crippen LogP contribution in [0.25, 0.3) is 0 Å². The summed E-state index contributed by atoms with van der Waals surface area (Å²) in [5, 5.41) is 53.3. The first kappa shape index (κ1) is 49.5. The molecule has 14 heteroatoms. The van der Waals surface area contributed by atoms with Gasteiger partial charge in [-0.3, -0.25) is 0 Å². The van der Waals surface area contributed by atoms with Crippen LogP contribution < -0.4 is 30.6 Å². The zero-order chi connectivity index (χ0) is 21.5. The molecule has 26 heavy (non-hydrogen) atoms. The Morgan fingerprint density at radius 2 is 0.385 bits per heavy atom. The average Bonchev–Trinajstić information content (AvgIpc) is 2.08. The summed E-state index contributed by atoms with van der Waals surface area (Å²) in [7, 11) is 0. The van der Waals surface area contributed by atoms with Crippen molar-refractivity contribution in [2.45, 2.75) is 41.5 Å². The minimum absolute atomic E-state index is 0. The van der Waals surface area contributed by atoms with Gasteiger partial charge in [0.15, 0.2) is 0 Å². The van der Waals surface area contributed by atoms with E-state index in [2.05, 4.69) is 0 Å². The van der Waals surface area contributed by atoms with Crippen LogP contribution in [0.5, 0.6) is 0 Å². The van der Waals surface area contributed by atoms with Crippen molar-refractivity contribution in [3.63, 3.8) is 0 Å². The number of aliphatic carboxylic acids is 6. The second-order valence-corrected chi connectivity index (χ2v) is 2.95. The van der Waals surface area contributed by atoms with E-state index in [9.17, 15) is 0 Å². The SMILES string of the molecule is CC(=O)[O-].CC(=O)[O-].CC(=O)[O-].CC(=O)[O-].CC(=O)[O-].CC(=O)[O-].[Si+4].[Zn+2]. The van der Waals surface area contributed by atoms with E-state index < -0.39 is 35.8 Å². The summed E-state index contributed by atoms with van der Waals surface area (Å²) in [4.78, 5) is 53.3. The molecule has 0 aromatic rings. The molecule has 0 N–H and O–H groups in total. The third-order valence-corrected chi connectivity index (χ3v) is 0. The summed E-state index contributed by atoms with van der Waals surface area (Å²) < 4.78 is 0. The van der Waals surface area contributed by atoms with Crippen molar-refractivity contribution < 1.29 is 78.9 Å². The molecule has 0 heterocycles. The molecule has 0 aromatic heterocycles. The number of carboxylic acids is 6. The molecule has 0 aliphatic heterocycles. The van der Waals surface area contributed by atoms with Crippen molar-refractivity contribution in [1.82, 2.24) is 0 Å². The molecule has 0 atom stereocenters. The van der Waals surface area contributed by atoms with E-state index in [1.807, 2.05) is 0 Å². The van der Waals surface area contributed by atoms with Gasteiger partial charge in [-0.1, -0.05) is 0 Å². The fourth-order valence-electron chi connectivity index (χ4n) is 0. The Morgan fingerprint density at radius 1 is 0.385 bits per heavy atom. The molecule has 0 spiro atoms. The van der Waals surface area contributed by atoms with E-state index >= 15 is 0 Å². The fourth-order valence-corrected chi connectivity index (χ4v) is 0. The van der Waals surface area contributed by atoms with Crippen molar-refractivity contribution in [1.29, 1.82) is 0 Å². The fraction of sp³-hybridized carbons (Fsp3) is 0.500. The maximum Gasteiger partial charge on any atom is 4.00 e. The van der Waals surface area contributed by atoms with Crippen LogP contribution in [0, 0.1) is 0 Å². The predicted molar refractivity (Wildman–Crippen MR) is 69.8 cm³/mol. The Hall–Kier alpha value is -2.34. The minimum atomic E-state index is -1.08. The topological polar surface area (TPSA) is 241 Å². The summed E-state index contributed by atoms with van der Waals surface area (Å²) in [6, 6.07) is 0. The summed E-state index contributed by atoms with van der Waals surface area (Å²) in [6.07, 6.45) is 0. The summed E-state index contributed by atoms with van der Waals surface area (Å²) in [5.74, 6) is -6.50. The van der Waals surface area contributed by atoms with Crippen LogP contribution in [0.3, 0.4) is 0 Å². The van der Waals surface area contributed by atoms with Gasteiger partial charge in [-0.05, 0) is 41.5 Å². The largest absolute Gasteiger partial charge is 4.00 e. The summed E-state index contributed by atoms with van der Waals surface area (Å²) in [5.41, 5.74) is 0. The van der Waals surface area contributed by atoms with Crippen molar-refractivity contribution in [3.05, 3.63) is 0 Å². The van der Waals surface area contributed by atoms with Crippen LogP contribution >= 0.6 is 0 Å². The number of rotatable bonds is 0. The second-order valence-electron chi connectivity index (χ2n) is 2.95. The molecular weight excluding hydrogens is 430 g/mol. The van der Waals surface area contributed by atoms with E-state index in [-0.39, 0.29) is 30.4 Å². The molecule has 0 unspecified atom stereocenters. The van der Waals surface area contributed by atoms with Crippen molar-refractivity contribution in [2.75, 3.05) is 0 Å². The van der Waals surface area contributed by atoms with Gasteiger partial charge in [0.1, 0.15) is 0 Å². The molecule has 12 nitrogen and oxygen atoms in total. The van der Waals surface area contributed by atoms with Crippen LogP contribution in [0.15, 0.2) is 0 Å². The minimum Gasteiger partial charge on any atom is -0.550 e. The quantitative estimate of drug-likeness (QED) is 0.314. The second kappa shape index (κ2) is 43.4. The van der Waals surface area contributed by atoms with Gasteiger partial charge in [0.2, 0.25) is 0 Å². The first-order valence-electron chi connectivity index (χ1n) is 5.45. The zero-order valence-corrected chi connectivity index (χ0v) is 19.1. The monoisotopic (exact) mass is 446 g/mol. The van der Waals surface area contributed by atoms with E-state index in [4.69, 9.17) is 59.4 Å². The predicted octanol–water partition coefficient (Wildman–Crippen LogP) is -7.85. The molecule has 0 aliphatic rings. The van der Waals surface area contributed by atoms with Crippen molar-refractivity contribution in [3.8, 4) is 0 Å². The summed E-state index contributed by atoms with van der Waals surface area (Å²) >= 11 is 0. The summed E-state index contributed by atoms with van der Waals surface area (Å²) in [6.45, 7) is 5.83. The van der Waals surface area contributed by atoms with Crippen LogP contribution in [0.2, 0.25) is 0 Å². The van der Waals surface area contributed by atoms with E-state index in [0.29, 0.717) is 0 Å². The smallest absolute Gasteiger partial charge is 0.550 e. The van der Waals surface area contributed by atoms with E-state index in [1.54, 1.807) is 0 Å². The number of carboxylic acid groups (broad SMARTS) is 6. The van der Waals surface area contributed by atoms with Gasteiger partial charge in [0.05, 0.1) is 0 Å². The molecule has 144 valence electrons. The first-order chi connectivity index (χ1) is 10.4. The van der Waals surface area contributed by atoms with E-state index in [0.717, 1.165) is 41.5 Å². The molecular formula is C12H18O12SiZn. The molecule has 0 aromatic carbocycles. The Bertz CT molecular complexity index is 267. The van der Waals surface area contributed by atoms with Gasteiger partial charge < -0.3 is 59.4 Å². The van der Waals surface area contributed by atoms with Crippen molar-refractivity contribution >= 4 is 46.8 Å². The molecule has 0 fully saturated rings. The number of carbonyl (C=O) groups excluding carboxylic acids is 6. The van der Waals surface area contributed by atoms with Crippen LogP contribution in [-0.4, -0.2) is 46.8 Å². The third kappa shape index (κ3) is 1690. The molecule has 0 rings (SSSR count). The Balaban J connectivity index is -0.0000000245. The van der Waals surface area contributed by atoms with Crippen LogP contribution in [0.1, 0.15) is 41.5 Å². The van der Waals surface area contributed by atoms with Gasteiger partial charge >= 0.3 is 30.4 Å². The standard InChI is InChI=1S/6C2H4O2.Si.Zn/c6*1-2(3)4;;/h6*1H3,(H,3,4);;/q;;;;;;+4;+2/p-6. The maximum atomic E-state index is 8.89. The Kier molecular flexibility index (Phi) is 82.6. The maximum absolute atomic E-state index is 8.89.